The van der Waals surface area contributed by atoms with Crippen molar-refractivity contribution in [2.45, 2.75) is 5.41 Å². The molecule has 292 valence electrons. The van der Waals surface area contributed by atoms with Gasteiger partial charge in [0.2, 0.25) is 0 Å². The molecule has 2 aliphatic rings. The summed E-state index contributed by atoms with van der Waals surface area (Å²) in [5, 5.41) is 10.0. The molecule has 1 aromatic heterocycles. The van der Waals surface area contributed by atoms with Crippen LogP contribution in [0.1, 0.15) is 27.8 Å². The minimum atomic E-state index is -0.524. The molecule has 0 bridgehead atoms. The van der Waals surface area contributed by atoms with E-state index in [9.17, 15) is 5.26 Å². The van der Waals surface area contributed by atoms with E-state index < -0.39 is 5.41 Å². The van der Waals surface area contributed by atoms with Crippen LogP contribution in [0, 0.1) is 11.3 Å². The van der Waals surface area contributed by atoms with Gasteiger partial charge in [-0.15, -0.1) is 0 Å². The van der Waals surface area contributed by atoms with Gasteiger partial charge in [0.15, 0.2) is 17.5 Å². The molecule has 12 rings (SSSR count). The highest BCUT2D eigenvalue weighted by Crippen LogP contribution is 2.63. The summed E-state index contributed by atoms with van der Waals surface area (Å²) in [5.41, 5.74) is 19.3. The number of rotatable bonds is 6. The third-order valence-corrected chi connectivity index (χ3v) is 12.8. The van der Waals surface area contributed by atoms with Gasteiger partial charge >= 0.3 is 0 Å². The summed E-state index contributed by atoms with van der Waals surface area (Å²) in [6.45, 7) is 0. The lowest BCUT2D eigenvalue weighted by Gasteiger charge is -2.30. The van der Waals surface area contributed by atoms with Crippen molar-refractivity contribution in [2.24, 2.45) is 0 Å². The first-order chi connectivity index (χ1) is 31.2. The predicted molar refractivity (Wildman–Crippen MR) is 253 cm³/mol. The van der Waals surface area contributed by atoms with Crippen LogP contribution in [0.5, 0.6) is 0 Å². The predicted octanol–water partition coefficient (Wildman–Crippen LogP) is 14.1. The standard InChI is InChI=1S/C59H36N4/c60-37-38-22-33-54-51(34-38)50-32-31-46(36-55(50)59(54)52-20-9-7-18-48(52)49-19-8-10-21-53(49)59)45-16-11-17-47(35-45)58-62-56(43-27-23-41(24-28-43)39-12-3-1-4-13-39)61-57(63-58)44-29-25-42(26-30-44)40-14-5-2-6-15-40/h1-36H. The average Bonchev–Trinajstić information content (AvgIpc) is 3.83. The summed E-state index contributed by atoms with van der Waals surface area (Å²) >= 11 is 0. The second-order valence-electron chi connectivity index (χ2n) is 16.2. The largest absolute Gasteiger partial charge is 0.208 e. The molecule has 0 fully saturated rings. The second-order valence-corrected chi connectivity index (χ2v) is 16.2. The third kappa shape index (κ3) is 5.86. The van der Waals surface area contributed by atoms with Gasteiger partial charge in [0.1, 0.15) is 0 Å². The molecule has 4 nitrogen and oxygen atoms in total. The first-order valence-corrected chi connectivity index (χ1v) is 21.2. The van der Waals surface area contributed by atoms with E-state index in [0.29, 0.717) is 23.0 Å². The summed E-state index contributed by atoms with van der Waals surface area (Å²) in [6.07, 6.45) is 0. The molecular formula is C59H36N4. The average molecular weight is 801 g/mol. The Hall–Kier alpha value is -8.52. The monoisotopic (exact) mass is 800 g/mol. The number of hydrogen-bond acceptors (Lipinski definition) is 4. The number of benzene rings is 9. The van der Waals surface area contributed by atoms with E-state index in [0.717, 1.165) is 61.2 Å². The van der Waals surface area contributed by atoms with E-state index in [4.69, 9.17) is 15.0 Å². The Kier molecular flexibility index (Phi) is 8.42. The maximum Gasteiger partial charge on any atom is 0.164 e. The molecule has 0 amide bonds. The summed E-state index contributed by atoms with van der Waals surface area (Å²) in [7, 11) is 0. The van der Waals surface area contributed by atoms with Gasteiger partial charge in [-0.3, -0.25) is 0 Å². The molecule has 0 saturated carbocycles. The summed E-state index contributed by atoms with van der Waals surface area (Å²) < 4.78 is 0. The van der Waals surface area contributed by atoms with Gasteiger partial charge in [0.05, 0.1) is 17.0 Å². The van der Waals surface area contributed by atoms with Gasteiger partial charge in [-0.1, -0.05) is 194 Å². The molecule has 0 aliphatic heterocycles. The highest BCUT2D eigenvalue weighted by atomic mass is 15.0. The second kappa shape index (κ2) is 14.6. The zero-order chi connectivity index (χ0) is 41.9. The van der Waals surface area contributed by atoms with Crippen LogP contribution in [0.2, 0.25) is 0 Å². The van der Waals surface area contributed by atoms with Gasteiger partial charge in [-0.2, -0.15) is 5.26 Å². The van der Waals surface area contributed by atoms with E-state index in [-0.39, 0.29) is 0 Å². The van der Waals surface area contributed by atoms with Crippen LogP contribution in [0.25, 0.3) is 89.8 Å². The molecule has 0 saturated heterocycles. The van der Waals surface area contributed by atoms with Gasteiger partial charge in [0.25, 0.3) is 0 Å². The fourth-order valence-corrected chi connectivity index (χ4v) is 9.88. The topological polar surface area (TPSA) is 62.5 Å². The Morgan fingerprint density at radius 2 is 0.698 bits per heavy atom. The maximum atomic E-state index is 10.0. The van der Waals surface area contributed by atoms with E-state index in [1.165, 1.54) is 33.4 Å². The van der Waals surface area contributed by atoms with Crippen molar-refractivity contribution in [1.82, 2.24) is 15.0 Å². The maximum absolute atomic E-state index is 10.0. The van der Waals surface area contributed by atoms with Crippen LogP contribution in [0.15, 0.2) is 218 Å². The fourth-order valence-electron chi connectivity index (χ4n) is 9.88. The molecule has 63 heavy (non-hydrogen) atoms. The molecule has 0 unspecified atom stereocenters. The van der Waals surface area contributed by atoms with Crippen LogP contribution < -0.4 is 0 Å². The summed E-state index contributed by atoms with van der Waals surface area (Å²) in [4.78, 5) is 15.4. The van der Waals surface area contributed by atoms with E-state index >= 15 is 0 Å². The highest BCUT2D eigenvalue weighted by molar-refractivity contribution is 5.96. The molecule has 1 heterocycles. The fraction of sp³-hybridized carbons (Fsp3) is 0.0169. The van der Waals surface area contributed by atoms with Crippen molar-refractivity contribution in [1.29, 1.82) is 5.26 Å². The minimum absolute atomic E-state index is 0.524. The van der Waals surface area contributed by atoms with Crippen molar-refractivity contribution >= 4 is 0 Å². The lowest BCUT2D eigenvalue weighted by atomic mass is 9.70. The molecule has 0 radical (unpaired) electrons. The number of nitrogens with zero attached hydrogens (tertiary/aromatic N) is 4. The smallest absolute Gasteiger partial charge is 0.164 e. The van der Waals surface area contributed by atoms with E-state index in [1.54, 1.807) is 0 Å². The summed E-state index contributed by atoms with van der Waals surface area (Å²) in [5.74, 6) is 1.82. The van der Waals surface area contributed by atoms with E-state index in [1.807, 2.05) is 18.2 Å². The lowest BCUT2D eigenvalue weighted by Crippen LogP contribution is -2.25. The van der Waals surface area contributed by atoms with Crippen molar-refractivity contribution in [3.63, 3.8) is 0 Å². The third-order valence-electron chi connectivity index (χ3n) is 12.8. The molecule has 10 aromatic rings. The Balaban J connectivity index is 0.993. The number of fused-ring (bicyclic) bond motifs is 10. The molecule has 2 aliphatic carbocycles. The van der Waals surface area contributed by atoms with Crippen LogP contribution in [0.3, 0.4) is 0 Å². The molecule has 0 N–H and O–H groups in total. The Morgan fingerprint density at radius 3 is 1.27 bits per heavy atom. The molecular weight excluding hydrogens is 765 g/mol. The normalized spacial score (nSPS) is 12.6. The number of hydrogen-bond donors (Lipinski definition) is 0. The Bertz CT molecular complexity index is 3290. The van der Waals surface area contributed by atoms with Crippen LogP contribution in [-0.4, -0.2) is 15.0 Å². The van der Waals surface area contributed by atoms with Crippen LogP contribution >= 0.6 is 0 Å². The van der Waals surface area contributed by atoms with Crippen LogP contribution in [-0.2, 0) is 5.41 Å². The van der Waals surface area contributed by atoms with Gasteiger partial charge in [-0.05, 0) is 102 Å². The number of nitriles is 1. The lowest BCUT2D eigenvalue weighted by molar-refractivity contribution is 0.794. The van der Waals surface area contributed by atoms with Crippen molar-refractivity contribution in [3.8, 4) is 95.9 Å². The molecule has 9 aromatic carbocycles. The van der Waals surface area contributed by atoms with E-state index in [2.05, 4.69) is 206 Å². The van der Waals surface area contributed by atoms with Crippen molar-refractivity contribution < 1.29 is 0 Å². The first-order valence-electron chi connectivity index (χ1n) is 21.2. The van der Waals surface area contributed by atoms with Gasteiger partial charge < -0.3 is 0 Å². The van der Waals surface area contributed by atoms with Gasteiger partial charge in [-0.25, -0.2) is 15.0 Å². The van der Waals surface area contributed by atoms with Crippen molar-refractivity contribution in [2.75, 3.05) is 0 Å². The first kappa shape index (κ1) is 36.3. The Labute approximate surface area is 366 Å². The highest BCUT2D eigenvalue weighted by Gasteiger charge is 2.51. The Morgan fingerprint density at radius 1 is 0.286 bits per heavy atom. The quantitative estimate of drug-likeness (QED) is 0.168. The summed E-state index contributed by atoms with van der Waals surface area (Å²) in [6, 6.07) is 79.2. The molecule has 1 spiro atoms. The van der Waals surface area contributed by atoms with Crippen LogP contribution in [0.4, 0.5) is 0 Å². The zero-order valence-corrected chi connectivity index (χ0v) is 34.1. The minimum Gasteiger partial charge on any atom is -0.208 e. The van der Waals surface area contributed by atoms with Gasteiger partial charge in [0, 0.05) is 16.7 Å². The molecule has 0 atom stereocenters. The zero-order valence-electron chi connectivity index (χ0n) is 34.1. The SMILES string of the molecule is N#Cc1ccc2c(c1)-c1ccc(-c3cccc(-c4nc(-c5ccc(-c6ccccc6)cc5)nc(-c5ccc(-c6ccccc6)cc5)n4)c3)cc1C21c2ccccc2-c2ccccc21. The molecule has 4 heteroatoms. The number of aromatic nitrogens is 3. The van der Waals surface area contributed by atoms with Crippen molar-refractivity contribution in [3.05, 3.63) is 246 Å².